The largest absolute Gasteiger partial charge is 0.508 e. The van der Waals surface area contributed by atoms with Crippen molar-refractivity contribution in [2.75, 3.05) is 26.4 Å². The van der Waals surface area contributed by atoms with Crippen molar-refractivity contribution in [2.24, 2.45) is 0 Å². The molecule has 2 saturated heterocycles. The minimum Gasteiger partial charge on any atom is -0.508 e. The van der Waals surface area contributed by atoms with Crippen molar-refractivity contribution in [3.8, 4) is 17.2 Å². The van der Waals surface area contributed by atoms with Gasteiger partial charge in [-0.3, -0.25) is 4.79 Å². The van der Waals surface area contributed by atoms with E-state index in [2.05, 4.69) is 0 Å². The molecule has 14 nitrogen and oxygen atoms in total. The molecule has 14 heteroatoms. The molecule has 3 heterocycles. The Balaban J connectivity index is 1.40. The average molecular weight is 608 g/mol. The van der Waals surface area contributed by atoms with Crippen LogP contribution in [0.15, 0.2) is 36.4 Å². The number of aromatic hydroxyl groups is 2. The standard InChI is InChI=1S/C29H37NO13/c1-14(32)30-9-8-16-4-7-19(34)25(21(16)18(30)10-15-2-5-17(33)6-3-15)43-27-24(37)23(36)22(35)20(42-27)11-40-28-26(38)29(39,12-31)13-41-28/h2-7,18,20,22-24,26-28,31,33-39H,8-13H2,1H3/t18-,20-,22-,23+,24-,26-,27+,28+,29+/m0/s1. The number of aliphatic hydroxyl groups excluding tert-OH is 5. The zero-order valence-corrected chi connectivity index (χ0v) is 23.4. The van der Waals surface area contributed by atoms with Gasteiger partial charge in [-0.1, -0.05) is 18.2 Å². The van der Waals surface area contributed by atoms with Crippen molar-refractivity contribution in [3.63, 3.8) is 0 Å². The van der Waals surface area contributed by atoms with E-state index in [0.717, 1.165) is 11.1 Å². The van der Waals surface area contributed by atoms with Gasteiger partial charge >= 0.3 is 0 Å². The lowest BCUT2D eigenvalue weighted by Crippen LogP contribution is -2.60. The Labute approximate surface area is 246 Å². The van der Waals surface area contributed by atoms with E-state index in [1.54, 1.807) is 23.1 Å². The van der Waals surface area contributed by atoms with Crippen LogP contribution >= 0.6 is 0 Å². The number of fused-ring (bicyclic) bond motifs is 1. The van der Waals surface area contributed by atoms with Crippen LogP contribution < -0.4 is 4.74 Å². The minimum atomic E-state index is -1.94. The second-order valence-electron chi connectivity index (χ2n) is 11.2. The van der Waals surface area contributed by atoms with E-state index in [4.69, 9.17) is 18.9 Å². The Morgan fingerprint density at radius 1 is 1.02 bits per heavy atom. The van der Waals surface area contributed by atoms with E-state index in [-0.39, 0.29) is 23.2 Å². The van der Waals surface area contributed by atoms with Gasteiger partial charge in [0.25, 0.3) is 0 Å². The van der Waals surface area contributed by atoms with Gasteiger partial charge in [-0.05, 0) is 42.2 Å². The van der Waals surface area contributed by atoms with Gasteiger partial charge in [-0.25, -0.2) is 0 Å². The summed E-state index contributed by atoms with van der Waals surface area (Å²) < 4.78 is 22.5. The van der Waals surface area contributed by atoms with Crippen LogP contribution in [0.2, 0.25) is 0 Å². The van der Waals surface area contributed by atoms with Crippen LogP contribution in [-0.2, 0) is 31.8 Å². The molecule has 2 aromatic rings. The highest BCUT2D eigenvalue weighted by atomic mass is 16.7. The quantitative estimate of drug-likeness (QED) is 0.170. The monoisotopic (exact) mass is 607 g/mol. The number of hydrogen-bond acceptors (Lipinski definition) is 13. The predicted molar refractivity (Wildman–Crippen MR) is 145 cm³/mol. The number of hydrogen-bond donors (Lipinski definition) is 8. The summed E-state index contributed by atoms with van der Waals surface area (Å²) in [6.45, 7) is 0.173. The van der Waals surface area contributed by atoms with Gasteiger partial charge in [-0.15, -0.1) is 0 Å². The summed E-state index contributed by atoms with van der Waals surface area (Å²) >= 11 is 0. The van der Waals surface area contributed by atoms with Gasteiger partial charge in [0.1, 0.15) is 41.9 Å². The number of phenolic OH excluding ortho intramolecular Hbond substituents is 2. The lowest BCUT2D eigenvalue weighted by molar-refractivity contribution is -0.289. The number of carbonyl (C=O) groups excluding carboxylic acids is 1. The lowest BCUT2D eigenvalue weighted by Gasteiger charge is -2.42. The molecule has 9 atom stereocenters. The molecule has 0 aromatic heterocycles. The molecule has 0 spiro atoms. The summed E-state index contributed by atoms with van der Waals surface area (Å²) in [5, 5.41) is 82.4. The van der Waals surface area contributed by atoms with Crippen molar-refractivity contribution in [1.82, 2.24) is 4.90 Å². The number of ether oxygens (including phenoxy) is 4. The lowest BCUT2D eigenvalue weighted by atomic mass is 9.87. The maximum Gasteiger partial charge on any atom is 0.229 e. The highest BCUT2D eigenvalue weighted by Crippen LogP contribution is 2.44. The van der Waals surface area contributed by atoms with E-state index < -0.39 is 74.6 Å². The van der Waals surface area contributed by atoms with E-state index in [0.29, 0.717) is 24.9 Å². The fourth-order valence-electron chi connectivity index (χ4n) is 5.73. The van der Waals surface area contributed by atoms with E-state index in [1.807, 2.05) is 0 Å². The van der Waals surface area contributed by atoms with Gasteiger partial charge in [0, 0.05) is 19.0 Å². The molecule has 0 radical (unpaired) electrons. The smallest absolute Gasteiger partial charge is 0.229 e. The van der Waals surface area contributed by atoms with E-state index in [1.165, 1.54) is 25.1 Å². The summed E-state index contributed by atoms with van der Waals surface area (Å²) in [6.07, 6.45) is -10.3. The van der Waals surface area contributed by atoms with Crippen LogP contribution in [0.5, 0.6) is 17.2 Å². The molecule has 0 aliphatic carbocycles. The van der Waals surface area contributed by atoms with Crippen molar-refractivity contribution >= 4 is 5.91 Å². The Hall–Kier alpha value is -3.05. The number of phenols is 2. The summed E-state index contributed by atoms with van der Waals surface area (Å²) in [5.74, 6) is -0.520. The molecular weight excluding hydrogens is 570 g/mol. The van der Waals surface area contributed by atoms with E-state index in [9.17, 15) is 45.6 Å². The zero-order chi connectivity index (χ0) is 31.1. The van der Waals surface area contributed by atoms with Gasteiger partial charge in [0.15, 0.2) is 17.8 Å². The Kier molecular flexibility index (Phi) is 9.13. The SMILES string of the molecule is CC(=O)N1CCc2ccc(O)c(O[C@H]3O[C@@H](CO[C@@H]4OC[C@](O)(CO)[C@H]4O)[C@H](O)[C@@H](O)[C@@H]3O)c2[C@@H]1Cc1ccc(O)cc1. The summed E-state index contributed by atoms with van der Waals surface area (Å²) in [5.41, 5.74) is 0.116. The van der Waals surface area contributed by atoms with Crippen LogP contribution in [-0.4, -0.2) is 127 Å². The molecule has 8 N–H and O–H groups in total. The molecule has 0 unspecified atom stereocenters. The average Bonchev–Trinajstić information content (AvgIpc) is 3.28. The molecule has 43 heavy (non-hydrogen) atoms. The Morgan fingerprint density at radius 3 is 2.40 bits per heavy atom. The van der Waals surface area contributed by atoms with Crippen LogP contribution in [0, 0.1) is 0 Å². The normalized spacial score (nSPS) is 34.2. The van der Waals surface area contributed by atoms with Gasteiger partial charge in [0.05, 0.1) is 25.9 Å². The fourth-order valence-corrected chi connectivity index (χ4v) is 5.73. The van der Waals surface area contributed by atoms with Gasteiger partial charge in [-0.2, -0.15) is 0 Å². The summed E-state index contributed by atoms with van der Waals surface area (Å²) in [6, 6.07) is 9.01. The van der Waals surface area contributed by atoms with Crippen LogP contribution in [0.25, 0.3) is 0 Å². The molecule has 236 valence electrons. The highest BCUT2D eigenvalue weighted by molar-refractivity contribution is 5.75. The molecule has 0 bridgehead atoms. The zero-order valence-electron chi connectivity index (χ0n) is 23.4. The molecule has 5 rings (SSSR count). The predicted octanol–water partition coefficient (Wildman–Crippen LogP) is -1.57. The van der Waals surface area contributed by atoms with Crippen LogP contribution in [0.1, 0.15) is 29.7 Å². The van der Waals surface area contributed by atoms with Crippen LogP contribution in [0.4, 0.5) is 0 Å². The van der Waals surface area contributed by atoms with Gasteiger partial charge < -0.3 is 64.7 Å². The number of benzene rings is 2. The number of carbonyl (C=O) groups is 1. The number of amides is 1. The first kappa shape index (κ1) is 31.4. The second-order valence-corrected chi connectivity index (χ2v) is 11.2. The van der Waals surface area contributed by atoms with Crippen LogP contribution in [0.3, 0.4) is 0 Å². The number of nitrogens with zero attached hydrogens (tertiary/aromatic N) is 1. The summed E-state index contributed by atoms with van der Waals surface area (Å²) in [4.78, 5) is 14.3. The third-order valence-corrected chi connectivity index (χ3v) is 8.27. The molecule has 0 saturated carbocycles. The second kappa shape index (κ2) is 12.5. The maximum absolute atomic E-state index is 12.7. The third-order valence-electron chi connectivity index (χ3n) is 8.27. The maximum atomic E-state index is 12.7. The Bertz CT molecular complexity index is 1290. The molecule has 3 aliphatic heterocycles. The van der Waals surface area contributed by atoms with E-state index >= 15 is 0 Å². The van der Waals surface area contributed by atoms with Crippen molar-refractivity contribution < 1.29 is 64.6 Å². The molecular formula is C29H37NO13. The van der Waals surface area contributed by atoms with Gasteiger partial charge in [0.2, 0.25) is 12.2 Å². The van der Waals surface area contributed by atoms with Crippen molar-refractivity contribution in [2.45, 2.75) is 74.5 Å². The molecule has 2 aromatic carbocycles. The first-order chi connectivity index (χ1) is 20.4. The first-order valence-electron chi connectivity index (χ1n) is 13.9. The first-order valence-corrected chi connectivity index (χ1v) is 13.9. The highest BCUT2D eigenvalue weighted by Gasteiger charge is 2.50. The van der Waals surface area contributed by atoms with Crippen molar-refractivity contribution in [1.29, 1.82) is 0 Å². The number of rotatable bonds is 8. The summed E-state index contributed by atoms with van der Waals surface area (Å²) in [7, 11) is 0. The number of aliphatic hydroxyl groups is 6. The minimum absolute atomic E-state index is 0.0814. The molecule has 1 amide bonds. The molecule has 2 fully saturated rings. The topological polar surface area (TPSA) is 219 Å². The third kappa shape index (κ3) is 6.16. The fraction of sp³-hybridized carbons (Fsp3) is 0.552. The molecule has 3 aliphatic rings. The van der Waals surface area contributed by atoms with Crippen molar-refractivity contribution in [3.05, 3.63) is 53.1 Å². The Morgan fingerprint density at radius 2 is 1.74 bits per heavy atom.